The molecule has 10 nitrogen and oxygen atoms in total. The molecule has 1 aromatic carbocycles. The fourth-order valence-corrected chi connectivity index (χ4v) is 3.85. The van der Waals surface area contributed by atoms with E-state index in [0.717, 1.165) is 6.42 Å². The van der Waals surface area contributed by atoms with Gasteiger partial charge in [0.05, 0.1) is 43.3 Å². The second-order valence-electron chi connectivity index (χ2n) is 9.34. The van der Waals surface area contributed by atoms with Crippen LogP contribution in [-0.4, -0.2) is 62.6 Å². The highest BCUT2D eigenvalue weighted by atomic mass is 19.4. The van der Waals surface area contributed by atoms with Crippen molar-refractivity contribution in [3.63, 3.8) is 0 Å². The van der Waals surface area contributed by atoms with Gasteiger partial charge in [0.15, 0.2) is 5.69 Å². The molecule has 0 bridgehead atoms. The minimum Gasteiger partial charge on any atom is -0.383 e. The number of benzene rings is 1. The third-order valence-electron chi connectivity index (χ3n) is 5.99. The number of rotatable bonds is 10. The van der Waals surface area contributed by atoms with Gasteiger partial charge in [0.1, 0.15) is 5.82 Å². The molecule has 0 aliphatic heterocycles. The van der Waals surface area contributed by atoms with E-state index in [1.54, 1.807) is 25.3 Å². The van der Waals surface area contributed by atoms with Gasteiger partial charge < -0.3 is 20.4 Å². The third-order valence-corrected chi connectivity index (χ3v) is 5.99. The summed E-state index contributed by atoms with van der Waals surface area (Å²) in [5, 5.41) is 13.2. The molecule has 0 atom stereocenters. The van der Waals surface area contributed by atoms with Gasteiger partial charge in [0.2, 0.25) is 11.8 Å². The monoisotopic (exact) mass is 603 g/mol. The smallest absolute Gasteiger partial charge is 0.383 e. The Morgan fingerprint density at radius 2 is 1.81 bits per heavy atom. The van der Waals surface area contributed by atoms with Crippen LogP contribution in [0.15, 0.2) is 24.4 Å². The van der Waals surface area contributed by atoms with Gasteiger partial charge in [0, 0.05) is 32.9 Å². The zero-order chi connectivity index (χ0) is 31.2. The maximum Gasteiger partial charge on any atom is 0.389 e. The molecule has 3 N–H and O–H groups in total. The van der Waals surface area contributed by atoms with Gasteiger partial charge in [-0.2, -0.15) is 23.1 Å². The number of carbonyl (C=O) groups is 2. The van der Waals surface area contributed by atoms with Crippen LogP contribution in [0.4, 0.5) is 22.0 Å². The number of imidazole rings is 1. The van der Waals surface area contributed by atoms with Crippen molar-refractivity contribution in [3.8, 4) is 0 Å². The van der Waals surface area contributed by atoms with E-state index < -0.39 is 36.8 Å². The Bertz CT molecular complexity index is 1250. The number of H-pyrrole nitrogens is 1. The van der Waals surface area contributed by atoms with Crippen molar-refractivity contribution in [2.24, 2.45) is 0 Å². The van der Waals surface area contributed by atoms with Gasteiger partial charge in [0.25, 0.3) is 5.91 Å². The van der Waals surface area contributed by atoms with Gasteiger partial charge in [-0.3, -0.25) is 9.59 Å². The molecule has 0 spiro atoms. The normalized spacial score (nSPS) is 14.3. The van der Waals surface area contributed by atoms with E-state index in [9.17, 15) is 31.5 Å². The summed E-state index contributed by atoms with van der Waals surface area (Å²) in [6.07, 6.45) is -2.11. The lowest BCUT2D eigenvalue weighted by Crippen LogP contribution is -2.24. The predicted molar refractivity (Wildman–Crippen MR) is 146 cm³/mol. The highest BCUT2D eigenvalue weighted by Crippen LogP contribution is 2.32. The number of alkyl halides is 5. The van der Waals surface area contributed by atoms with Gasteiger partial charge >= 0.3 is 6.18 Å². The molecule has 1 aliphatic rings. The first-order chi connectivity index (χ1) is 19.9. The van der Waals surface area contributed by atoms with Gasteiger partial charge in [-0.15, -0.1) is 5.10 Å². The first-order valence-corrected chi connectivity index (χ1v) is 13.8. The van der Waals surface area contributed by atoms with Crippen LogP contribution in [0, 0.1) is 0 Å². The fourth-order valence-electron chi connectivity index (χ4n) is 3.85. The van der Waals surface area contributed by atoms with Crippen LogP contribution in [0.5, 0.6) is 0 Å². The number of ether oxygens (including phenoxy) is 1. The number of halogens is 5. The topological polar surface area (TPSA) is 127 Å². The van der Waals surface area contributed by atoms with E-state index in [1.807, 2.05) is 13.8 Å². The maximum atomic E-state index is 12.2. The number of nitrogens with one attached hydrogen (secondary N) is 3. The highest BCUT2D eigenvalue weighted by molar-refractivity contribution is 5.91. The van der Waals surface area contributed by atoms with Crippen LogP contribution in [0.1, 0.15) is 80.7 Å². The summed E-state index contributed by atoms with van der Waals surface area (Å²) in [5.41, 5.74) is 2.18. The number of methoxy groups -OCH3 is 1. The summed E-state index contributed by atoms with van der Waals surface area (Å²) in [6, 6.07) is 5.17. The Kier molecular flexibility index (Phi) is 13.8. The first kappa shape index (κ1) is 34.6. The van der Waals surface area contributed by atoms with Gasteiger partial charge in [-0.25, -0.2) is 13.8 Å². The van der Waals surface area contributed by atoms with Gasteiger partial charge in [-0.1, -0.05) is 26.3 Å². The number of hydrogen-bond donors (Lipinski definition) is 3. The first-order valence-electron chi connectivity index (χ1n) is 13.8. The van der Waals surface area contributed by atoms with E-state index in [0.29, 0.717) is 48.4 Å². The van der Waals surface area contributed by atoms with E-state index in [2.05, 4.69) is 30.8 Å². The molecule has 42 heavy (non-hydrogen) atoms. The molecule has 234 valence electrons. The zero-order valence-corrected chi connectivity index (χ0v) is 24.0. The summed E-state index contributed by atoms with van der Waals surface area (Å²) in [4.78, 5) is 32.6. The number of aromatic nitrogens is 5. The average Bonchev–Trinajstić information content (AvgIpc) is 3.60. The van der Waals surface area contributed by atoms with Crippen LogP contribution in [0.25, 0.3) is 11.0 Å². The summed E-state index contributed by atoms with van der Waals surface area (Å²) < 4.78 is 65.9. The number of amides is 2. The van der Waals surface area contributed by atoms with E-state index in [1.165, 1.54) is 11.0 Å². The number of nitrogens with zero attached hydrogens (tertiary/aromatic N) is 4. The molecule has 0 unspecified atom stereocenters. The highest BCUT2D eigenvalue weighted by Gasteiger charge is 2.30. The molecule has 3 aromatic rings. The molecule has 0 saturated heterocycles. The average molecular weight is 604 g/mol. The summed E-state index contributed by atoms with van der Waals surface area (Å²) >= 11 is 0. The lowest BCUT2D eigenvalue weighted by molar-refractivity contribution is -0.144. The van der Waals surface area contributed by atoms with Crippen LogP contribution in [-0.2, 0) is 29.2 Å². The van der Waals surface area contributed by atoms with Crippen LogP contribution >= 0.6 is 0 Å². The Morgan fingerprint density at radius 1 is 1.10 bits per heavy atom. The molecular weight excluding hydrogens is 565 g/mol. The fraction of sp³-hybridized carbons (Fsp3) is 0.593. The van der Waals surface area contributed by atoms with Gasteiger partial charge in [-0.05, 0) is 30.5 Å². The number of aromatic amines is 1. The number of fused-ring (bicyclic) bond motifs is 1. The van der Waals surface area contributed by atoms with E-state index in [-0.39, 0.29) is 31.6 Å². The van der Waals surface area contributed by atoms with Crippen molar-refractivity contribution in [1.29, 1.82) is 0 Å². The zero-order valence-electron chi connectivity index (χ0n) is 24.0. The largest absolute Gasteiger partial charge is 0.389 e. The third kappa shape index (κ3) is 12.5. The molecule has 1 saturated carbocycles. The summed E-state index contributed by atoms with van der Waals surface area (Å²) in [5.74, 6) is -2.89. The van der Waals surface area contributed by atoms with E-state index >= 15 is 0 Å². The predicted octanol–water partition coefficient (Wildman–Crippen LogP) is 5.30. The van der Waals surface area contributed by atoms with Crippen LogP contribution in [0.2, 0.25) is 0 Å². The van der Waals surface area contributed by atoms with E-state index in [4.69, 9.17) is 4.74 Å². The molecule has 2 heterocycles. The standard InChI is InChI=1S/C19H22F3N7O3.C6H10F2.C2H6/c1-32-7-6-29-25-10-15(28-29)18(31)24-11-16-26-13-3-2-12(8-14(13)27-16)9-23-17(30)4-5-19(20,21)22;7-6(8)4-2-1-3-5-6;1-2/h2-3,8,10H,4-7,9,11H2,1H3,(H,23,30)(H,24,31)(H,26,27);1-5H2;1-2H3. The van der Waals surface area contributed by atoms with Crippen molar-refractivity contribution < 1.29 is 36.3 Å². The van der Waals surface area contributed by atoms with Crippen molar-refractivity contribution in [2.45, 2.75) is 90.5 Å². The lowest BCUT2D eigenvalue weighted by atomic mass is 9.97. The molecule has 15 heteroatoms. The molecular formula is C27H38F5N7O3. The molecule has 1 aliphatic carbocycles. The Balaban J connectivity index is 0.000000525. The van der Waals surface area contributed by atoms with Crippen LogP contribution in [0.3, 0.4) is 0 Å². The second-order valence-corrected chi connectivity index (χ2v) is 9.34. The summed E-state index contributed by atoms with van der Waals surface area (Å²) in [7, 11) is 1.56. The number of hydrogen-bond acceptors (Lipinski definition) is 6. The maximum absolute atomic E-state index is 12.2. The second kappa shape index (κ2) is 16.7. The lowest BCUT2D eigenvalue weighted by Gasteiger charge is -2.20. The molecule has 2 aromatic heterocycles. The molecule has 4 rings (SSSR count). The Hall–Kier alpha value is -3.62. The van der Waals surface area contributed by atoms with Crippen molar-refractivity contribution in [1.82, 2.24) is 35.6 Å². The van der Waals surface area contributed by atoms with Crippen molar-refractivity contribution >= 4 is 22.8 Å². The SMILES string of the molecule is CC.COCCn1ncc(C(=O)NCc2nc3ccc(CNC(=O)CCC(F)(F)F)cc3[nH]2)n1.FC1(F)CCCCC1. The molecule has 0 radical (unpaired) electrons. The summed E-state index contributed by atoms with van der Waals surface area (Å²) in [6.45, 7) is 5.07. The minimum atomic E-state index is -4.36. The molecule has 1 fully saturated rings. The van der Waals surface area contributed by atoms with Crippen molar-refractivity contribution in [2.75, 3.05) is 13.7 Å². The van der Waals surface area contributed by atoms with Crippen LogP contribution < -0.4 is 10.6 Å². The minimum absolute atomic E-state index is 0.0937. The quantitative estimate of drug-likeness (QED) is 0.270. The van der Waals surface area contributed by atoms with Crippen molar-refractivity contribution in [3.05, 3.63) is 41.5 Å². The number of carbonyl (C=O) groups excluding carboxylic acids is 2. The Morgan fingerprint density at radius 3 is 2.43 bits per heavy atom. The Labute approximate surface area is 240 Å². The molecule has 2 amide bonds.